The number of carbonyl (C=O) groups is 1. The van der Waals surface area contributed by atoms with Crippen molar-refractivity contribution in [2.24, 2.45) is 0 Å². The molecule has 0 atom stereocenters. The highest BCUT2D eigenvalue weighted by Gasteiger charge is 2.18. The number of ether oxygens (including phenoxy) is 1. The summed E-state index contributed by atoms with van der Waals surface area (Å²) in [6.45, 7) is 1.75. The molecular formula is C17H15FN2O2. The van der Waals surface area contributed by atoms with Gasteiger partial charge in [0.25, 0.3) is 5.91 Å². The second-order valence-corrected chi connectivity index (χ2v) is 4.97. The number of aromatic amines is 1. The van der Waals surface area contributed by atoms with Crippen LogP contribution < -0.4 is 10.1 Å². The minimum absolute atomic E-state index is 0.289. The second-order valence-electron chi connectivity index (χ2n) is 4.97. The Bertz CT molecular complexity index is 855. The van der Waals surface area contributed by atoms with E-state index in [-0.39, 0.29) is 11.7 Å². The van der Waals surface area contributed by atoms with E-state index in [0.717, 1.165) is 0 Å². The first-order valence-corrected chi connectivity index (χ1v) is 6.82. The highest BCUT2D eigenvalue weighted by atomic mass is 19.1. The van der Waals surface area contributed by atoms with Gasteiger partial charge in [0.15, 0.2) is 0 Å². The number of amides is 1. The van der Waals surface area contributed by atoms with Crippen molar-refractivity contribution in [2.75, 3.05) is 12.4 Å². The number of nitrogens with one attached hydrogen (secondary N) is 2. The fourth-order valence-corrected chi connectivity index (χ4v) is 2.50. The lowest BCUT2D eigenvalue weighted by Crippen LogP contribution is -2.12. The van der Waals surface area contributed by atoms with Crippen molar-refractivity contribution < 1.29 is 13.9 Å². The molecule has 0 spiro atoms. The van der Waals surface area contributed by atoms with E-state index in [2.05, 4.69) is 10.3 Å². The van der Waals surface area contributed by atoms with Crippen molar-refractivity contribution in [3.8, 4) is 5.75 Å². The van der Waals surface area contributed by atoms with E-state index in [9.17, 15) is 9.18 Å². The predicted molar refractivity (Wildman–Crippen MR) is 83.9 cm³/mol. The standard InChI is InChI=1S/C17H15FN2O2/c1-10-15(13-7-4-8-14(18)16(13)19-10)17(21)20-11-5-3-6-12(9-11)22-2/h3-9,19H,1-2H3,(H,20,21). The van der Waals surface area contributed by atoms with Gasteiger partial charge in [-0.25, -0.2) is 4.39 Å². The van der Waals surface area contributed by atoms with Gasteiger partial charge in [-0.3, -0.25) is 4.79 Å². The maximum Gasteiger partial charge on any atom is 0.258 e. The highest BCUT2D eigenvalue weighted by molar-refractivity contribution is 6.14. The predicted octanol–water partition coefficient (Wildman–Crippen LogP) is 3.88. The van der Waals surface area contributed by atoms with Gasteiger partial charge in [0.05, 0.1) is 18.2 Å². The number of hydrogen-bond donors (Lipinski definition) is 2. The molecule has 0 fully saturated rings. The number of halogens is 1. The number of para-hydroxylation sites is 1. The molecule has 3 aromatic rings. The number of rotatable bonds is 3. The van der Waals surface area contributed by atoms with E-state index >= 15 is 0 Å². The van der Waals surface area contributed by atoms with Crippen molar-refractivity contribution in [2.45, 2.75) is 6.92 Å². The molecule has 0 unspecified atom stereocenters. The lowest BCUT2D eigenvalue weighted by atomic mass is 10.1. The quantitative estimate of drug-likeness (QED) is 0.771. The number of anilines is 1. The minimum Gasteiger partial charge on any atom is -0.497 e. The Morgan fingerprint density at radius 3 is 2.77 bits per heavy atom. The minimum atomic E-state index is -0.374. The van der Waals surface area contributed by atoms with Crippen molar-refractivity contribution >= 4 is 22.5 Å². The Labute approximate surface area is 126 Å². The maximum atomic E-state index is 13.8. The molecule has 0 aliphatic carbocycles. The van der Waals surface area contributed by atoms with Gasteiger partial charge in [0.1, 0.15) is 11.6 Å². The van der Waals surface area contributed by atoms with E-state index in [0.29, 0.717) is 33.6 Å². The summed E-state index contributed by atoms with van der Waals surface area (Å²) in [5.41, 5.74) is 2.03. The van der Waals surface area contributed by atoms with Crippen molar-refractivity contribution in [3.63, 3.8) is 0 Å². The van der Waals surface area contributed by atoms with E-state index in [1.807, 2.05) is 0 Å². The number of aryl methyl sites for hydroxylation is 1. The molecule has 2 N–H and O–H groups in total. The van der Waals surface area contributed by atoms with Gasteiger partial charge in [-0.15, -0.1) is 0 Å². The molecule has 0 saturated heterocycles. The number of hydrogen-bond acceptors (Lipinski definition) is 2. The number of carbonyl (C=O) groups excluding carboxylic acids is 1. The van der Waals surface area contributed by atoms with Gasteiger partial charge >= 0.3 is 0 Å². The van der Waals surface area contributed by atoms with Crippen molar-refractivity contribution in [1.29, 1.82) is 0 Å². The zero-order valence-electron chi connectivity index (χ0n) is 12.2. The molecule has 4 nitrogen and oxygen atoms in total. The van der Waals surface area contributed by atoms with Crippen LogP contribution in [0.15, 0.2) is 42.5 Å². The number of H-pyrrole nitrogens is 1. The summed E-state index contributed by atoms with van der Waals surface area (Å²) < 4.78 is 18.9. The Morgan fingerprint density at radius 2 is 2.00 bits per heavy atom. The van der Waals surface area contributed by atoms with Crippen LogP contribution in [0.5, 0.6) is 5.75 Å². The number of aromatic nitrogens is 1. The largest absolute Gasteiger partial charge is 0.497 e. The van der Waals surface area contributed by atoms with Crippen LogP contribution in [0.2, 0.25) is 0 Å². The molecule has 1 amide bonds. The van der Waals surface area contributed by atoms with E-state index < -0.39 is 0 Å². The summed E-state index contributed by atoms with van der Waals surface area (Å²) in [7, 11) is 1.56. The Hall–Kier alpha value is -2.82. The van der Waals surface area contributed by atoms with Gasteiger partial charge in [-0.05, 0) is 25.1 Å². The smallest absolute Gasteiger partial charge is 0.258 e. The van der Waals surface area contributed by atoms with E-state index in [4.69, 9.17) is 4.74 Å². The molecular weight excluding hydrogens is 283 g/mol. The molecule has 112 valence electrons. The van der Waals surface area contributed by atoms with Crippen LogP contribution in [0.4, 0.5) is 10.1 Å². The van der Waals surface area contributed by atoms with Crippen molar-refractivity contribution in [3.05, 3.63) is 59.5 Å². The van der Waals surface area contributed by atoms with E-state index in [1.54, 1.807) is 50.4 Å². The van der Waals surface area contributed by atoms with Crippen LogP contribution in [0.3, 0.4) is 0 Å². The Kier molecular flexibility index (Phi) is 3.55. The topological polar surface area (TPSA) is 54.1 Å². The van der Waals surface area contributed by atoms with Crippen molar-refractivity contribution in [1.82, 2.24) is 4.98 Å². The van der Waals surface area contributed by atoms with Gasteiger partial charge in [-0.1, -0.05) is 18.2 Å². The van der Waals surface area contributed by atoms with Gasteiger partial charge < -0.3 is 15.0 Å². The van der Waals surface area contributed by atoms with Gasteiger partial charge in [-0.2, -0.15) is 0 Å². The van der Waals surface area contributed by atoms with Crippen LogP contribution in [-0.2, 0) is 0 Å². The highest BCUT2D eigenvalue weighted by Crippen LogP contribution is 2.25. The average molecular weight is 298 g/mol. The van der Waals surface area contributed by atoms with Crippen LogP contribution in [0, 0.1) is 12.7 Å². The first kappa shape index (κ1) is 14.1. The number of fused-ring (bicyclic) bond motifs is 1. The fraction of sp³-hybridized carbons (Fsp3) is 0.118. The first-order valence-electron chi connectivity index (χ1n) is 6.82. The first-order chi connectivity index (χ1) is 10.6. The van der Waals surface area contributed by atoms with E-state index in [1.165, 1.54) is 6.07 Å². The Balaban J connectivity index is 1.98. The third kappa shape index (κ3) is 2.41. The molecule has 1 heterocycles. The number of methoxy groups -OCH3 is 1. The second kappa shape index (κ2) is 5.52. The molecule has 0 bridgehead atoms. The summed E-state index contributed by atoms with van der Waals surface area (Å²) >= 11 is 0. The van der Waals surface area contributed by atoms with Crippen LogP contribution >= 0.6 is 0 Å². The molecule has 0 aliphatic heterocycles. The summed E-state index contributed by atoms with van der Waals surface area (Å²) in [6.07, 6.45) is 0. The molecule has 1 aromatic heterocycles. The Morgan fingerprint density at radius 1 is 1.23 bits per heavy atom. The fourth-order valence-electron chi connectivity index (χ4n) is 2.50. The van der Waals surface area contributed by atoms with Gasteiger partial charge in [0.2, 0.25) is 0 Å². The molecule has 0 aliphatic rings. The molecule has 3 rings (SSSR count). The maximum absolute atomic E-state index is 13.8. The summed E-state index contributed by atoms with van der Waals surface area (Å²) in [6, 6.07) is 11.8. The molecule has 22 heavy (non-hydrogen) atoms. The molecule has 0 saturated carbocycles. The lowest BCUT2D eigenvalue weighted by Gasteiger charge is -2.07. The summed E-state index contributed by atoms with van der Waals surface area (Å²) in [5, 5.41) is 3.38. The van der Waals surface area contributed by atoms with Crippen LogP contribution in [0.1, 0.15) is 16.1 Å². The monoisotopic (exact) mass is 298 g/mol. The zero-order chi connectivity index (χ0) is 15.7. The SMILES string of the molecule is COc1cccc(NC(=O)c2c(C)[nH]c3c(F)cccc23)c1. The number of benzene rings is 2. The molecule has 0 radical (unpaired) electrons. The zero-order valence-corrected chi connectivity index (χ0v) is 12.2. The third-order valence-corrected chi connectivity index (χ3v) is 3.53. The average Bonchev–Trinajstić information content (AvgIpc) is 2.85. The molecule has 5 heteroatoms. The third-order valence-electron chi connectivity index (χ3n) is 3.53. The molecule has 2 aromatic carbocycles. The van der Waals surface area contributed by atoms with Gasteiger partial charge in [0, 0.05) is 22.8 Å². The summed E-state index contributed by atoms with van der Waals surface area (Å²) in [4.78, 5) is 15.5. The van der Waals surface area contributed by atoms with Crippen LogP contribution in [-0.4, -0.2) is 18.0 Å². The summed E-state index contributed by atoms with van der Waals surface area (Å²) in [5.74, 6) is -0.0110. The normalized spacial score (nSPS) is 10.7. The van der Waals surface area contributed by atoms with Crippen LogP contribution in [0.25, 0.3) is 10.9 Å². The lowest BCUT2D eigenvalue weighted by molar-refractivity contribution is 0.102.